The van der Waals surface area contributed by atoms with E-state index in [-0.39, 0.29) is 31.0 Å². The number of carbonyl (C=O) groups excluding carboxylic acids is 2. The van der Waals surface area contributed by atoms with E-state index in [0.29, 0.717) is 42.4 Å². The second-order valence-corrected chi connectivity index (χ2v) is 11.7. The summed E-state index contributed by atoms with van der Waals surface area (Å²) in [7, 11) is 3.31. The fraction of sp³-hybridized carbons (Fsp3) is 0.412. The topological polar surface area (TPSA) is 89.6 Å². The van der Waals surface area contributed by atoms with Crippen molar-refractivity contribution in [1.82, 2.24) is 4.90 Å². The molecule has 0 spiro atoms. The number of hydrogen-bond donors (Lipinski definition) is 1. The first-order valence-electron chi connectivity index (χ1n) is 14.9. The smallest absolute Gasteiger partial charge is 0.412 e. The molecule has 11 heteroatoms. The molecule has 0 bridgehead atoms. The third-order valence-corrected chi connectivity index (χ3v) is 8.09. The Hall–Kier alpha value is -4.18. The molecule has 1 saturated heterocycles. The van der Waals surface area contributed by atoms with Gasteiger partial charge in [-0.2, -0.15) is 0 Å². The molecule has 242 valence electrons. The number of amides is 2. The molecule has 0 saturated carbocycles. The Kier molecular flexibility index (Phi) is 10.4. The quantitative estimate of drug-likeness (QED) is 0.245. The van der Waals surface area contributed by atoms with E-state index >= 15 is 0 Å². The van der Waals surface area contributed by atoms with Crippen molar-refractivity contribution in [3.8, 4) is 28.4 Å². The zero-order valence-electron chi connectivity index (χ0n) is 26.6. The molecule has 0 aliphatic carbocycles. The van der Waals surface area contributed by atoms with Gasteiger partial charge in [-0.25, -0.2) is 9.18 Å². The molecular formula is C34H41ClFN3O6. The molecule has 2 amide bonds. The van der Waals surface area contributed by atoms with Gasteiger partial charge in [0.1, 0.15) is 35.2 Å². The lowest BCUT2D eigenvalue weighted by Gasteiger charge is -2.39. The molecule has 3 aromatic rings. The number of ether oxygens (including phenoxy) is 4. The van der Waals surface area contributed by atoms with Gasteiger partial charge >= 0.3 is 6.09 Å². The monoisotopic (exact) mass is 641 g/mol. The Morgan fingerprint density at radius 1 is 1.04 bits per heavy atom. The minimum Gasteiger partial charge on any atom is -0.496 e. The van der Waals surface area contributed by atoms with E-state index in [4.69, 9.17) is 18.9 Å². The Bertz CT molecular complexity index is 1560. The first-order valence-corrected chi connectivity index (χ1v) is 14.9. The molecule has 45 heavy (non-hydrogen) atoms. The van der Waals surface area contributed by atoms with Crippen LogP contribution in [0.3, 0.4) is 0 Å². The maximum Gasteiger partial charge on any atom is 0.412 e. The van der Waals surface area contributed by atoms with Crippen LogP contribution in [0.5, 0.6) is 17.2 Å². The number of hydrogen-bond acceptors (Lipinski definition) is 7. The number of carbonyl (C=O) groups is 2. The fourth-order valence-electron chi connectivity index (χ4n) is 5.71. The van der Waals surface area contributed by atoms with Crippen molar-refractivity contribution >= 4 is 35.8 Å². The Morgan fingerprint density at radius 2 is 1.76 bits per heavy atom. The number of methoxy groups -OCH3 is 1. The normalized spacial score (nSPS) is 15.8. The predicted octanol–water partition coefficient (Wildman–Crippen LogP) is 7.32. The summed E-state index contributed by atoms with van der Waals surface area (Å²) < 4.78 is 37.8. The van der Waals surface area contributed by atoms with Gasteiger partial charge in [-0.05, 0) is 69.0 Å². The molecule has 1 fully saturated rings. The van der Waals surface area contributed by atoms with Crippen molar-refractivity contribution in [2.24, 2.45) is 0 Å². The van der Waals surface area contributed by atoms with Crippen molar-refractivity contribution in [3.63, 3.8) is 0 Å². The number of likely N-dealkylation sites (tertiary alicyclic amines) is 1. The first-order chi connectivity index (χ1) is 21.0. The number of nitrogens with one attached hydrogen (secondary N) is 1. The Labute approximate surface area is 270 Å². The van der Waals surface area contributed by atoms with Crippen molar-refractivity contribution in [1.29, 1.82) is 0 Å². The Morgan fingerprint density at radius 3 is 2.44 bits per heavy atom. The van der Waals surface area contributed by atoms with Crippen LogP contribution >= 0.6 is 12.4 Å². The highest BCUT2D eigenvalue weighted by Crippen LogP contribution is 2.45. The van der Waals surface area contributed by atoms with Gasteiger partial charge < -0.3 is 34.1 Å². The number of anilines is 2. The average Bonchev–Trinajstić information content (AvgIpc) is 3.55. The molecule has 1 N–H and O–H groups in total. The fourth-order valence-corrected chi connectivity index (χ4v) is 5.71. The van der Waals surface area contributed by atoms with Crippen molar-refractivity contribution in [2.75, 3.05) is 37.5 Å². The molecule has 0 aromatic heterocycles. The van der Waals surface area contributed by atoms with Crippen LogP contribution in [0.1, 0.15) is 51.2 Å². The molecule has 2 aliphatic rings. The largest absolute Gasteiger partial charge is 0.496 e. The summed E-state index contributed by atoms with van der Waals surface area (Å²) in [5.41, 5.74) is 3.67. The van der Waals surface area contributed by atoms with Crippen LogP contribution in [0.2, 0.25) is 0 Å². The second kappa shape index (κ2) is 13.9. The number of aryl methyl sites for hydroxylation is 1. The van der Waals surface area contributed by atoms with Gasteiger partial charge in [0.2, 0.25) is 6.29 Å². The van der Waals surface area contributed by atoms with Crippen LogP contribution in [0.15, 0.2) is 48.5 Å². The van der Waals surface area contributed by atoms with Crippen LogP contribution < -0.4 is 24.4 Å². The highest BCUT2D eigenvalue weighted by molar-refractivity contribution is 6.08. The van der Waals surface area contributed by atoms with Gasteiger partial charge in [0, 0.05) is 49.8 Å². The van der Waals surface area contributed by atoms with Gasteiger partial charge in [-0.3, -0.25) is 4.79 Å². The highest BCUT2D eigenvalue weighted by Gasteiger charge is 2.39. The number of halogens is 2. The van der Waals surface area contributed by atoms with Crippen molar-refractivity contribution < 1.29 is 32.9 Å². The first kappa shape index (κ1) is 33.7. The van der Waals surface area contributed by atoms with Gasteiger partial charge in [0.15, 0.2) is 0 Å². The molecule has 2 aliphatic heterocycles. The SMILES string of the molecule is CC[C@H](OC(=O)N1CCCC1)Oc1ccc(-c2ccc3c(c2COc2cc(F)ccc2C)N(C)C(=O)C(C)(C)N3)c(OC)c1.Cl. The number of likely N-dealkylation sites (N-methyl/N-ethyl adjacent to an activating group) is 1. The molecule has 2 heterocycles. The zero-order chi connectivity index (χ0) is 31.6. The summed E-state index contributed by atoms with van der Waals surface area (Å²) >= 11 is 0. The molecule has 9 nitrogen and oxygen atoms in total. The van der Waals surface area contributed by atoms with Crippen LogP contribution in [-0.4, -0.2) is 56.0 Å². The summed E-state index contributed by atoms with van der Waals surface area (Å²) in [4.78, 5) is 29.2. The van der Waals surface area contributed by atoms with Gasteiger partial charge in [0.25, 0.3) is 5.91 Å². The molecule has 1 atom stereocenters. The average molecular weight is 642 g/mol. The molecule has 0 unspecified atom stereocenters. The van der Waals surface area contributed by atoms with E-state index in [2.05, 4.69) is 5.32 Å². The lowest BCUT2D eigenvalue weighted by Crippen LogP contribution is -2.52. The van der Waals surface area contributed by atoms with E-state index in [9.17, 15) is 14.0 Å². The summed E-state index contributed by atoms with van der Waals surface area (Å²) in [5, 5.41) is 3.35. The van der Waals surface area contributed by atoms with E-state index in [0.717, 1.165) is 40.8 Å². The van der Waals surface area contributed by atoms with E-state index in [1.54, 1.807) is 42.2 Å². The van der Waals surface area contributed by atoms with E-state index in [1.807, 2.05) is 45.9 Å². The highest BCUT2D eigenvalue weighted by atomic mass is 35.5. The summed E-state index contributed by atoms with van der Waals surface area (Å²) in [6.07, 6.45) is 1.29. The molecule has 0 radical (unpaired) electrons. The van der Waals surface area contributed by atoms with Gasteiger partial charge in [-0.1, -0.05) is 19.1 Å². The molecular weight excluding hydrogens is 601 g/mol. The van der Waals surface area contributed by atoms with Crippen molar-refractivity contribution in [3.05, 3.63) is 65.5 Å². The standard InChI is InChI=1S/C34H40FN3O6.ClH/c1-7-30(44-33(40)38-16-8-9-17-38)43-23-12-13-25(29(19-23)41-6)24-14-15-27-31(37(5)32(39)34(3,4)36-27)26(24)20-42-28-18-22(35)11-10-21(28)2;/h10-15,18-19,30,36H,7-9,16-17,20H2,1-6H3;1H/t30-;/m0./s1. The Balaban J connectivity index is 0.00000461. The number of benzene rings is 3. The number of nitrogens with zero attached hydrogens (tertiary/aromatic N) is 2. The van der Waals surface area contributed by atoms with Crippen LogP contribution in [0.25, 0.3) is 11.1 Å². The van der Waals surface area contributed by atoms with Crippen LogP contribution in [0.4, 0.5) is 20.6 Å². The lowest BCUT2D eigenvalue weighted by atomic mass is 9.91. The molecule has 3 aromatic carbocycles. The number of rotatable bonds is 9. The van der Waals surface area contributed by atoms with Crippen LogP contribution in [-0.2, 0) is 16.1 Å². The summed E-state index contributed by atoms with van der Waals surface area (Å²) in [6.45, 7) is 8.86. The van der Waals surface area contributed by atoms with E-state index < -0.39 is 17.6 Å². The van der Waals surface area contributed by atoms with Gasteiger partial charge in [-0.15, -0.1) is 12.4 Å². The maximum absolute atomic E-state index is 14.1. The number of fused-ring (bicyclic) bond motifs is 1. The minimum atomic E-state index is -0.800. The molecule has 5 rings (SSSR count). The third-order valence-electron chi connectivity index (χ3n) is 8.09. The third kappa shape index (κ3) is 7.06. The maximum atomic E-state index is 14.1. The van der Waals surface area contributed by atoms with E-state index in [1.165, 1.54) is 12.1 Å². The van der Waals surface area contributed by atoms with Crippen molar-refractivity contribution in [2.45, 2.75) is 65.4 Å². The zero-order valence-corrected chi connectivity index (χ0v) is 27.4. The predicted molar refractivity (Wildman–Crippen MR) is 174 cm³/mol. The van der Waals surface area contributed by atoms with Crippen LogP contribution in [0, 0.1) is 12.7 Å². The van der Waals surface area contributed by atoms with Gasteiger partial charge in [0.05, 0.1) is 18.5 Å². The second-order valence-electron chi connectivity index (χ2n) is 11.7. The lowest BCUT2D eigenvalue weighted by molar-refractivity contribution is -0.121. The summed E-state index contributed by atoms with van der Waals surface area (Å²) in [6, 6.07) is 13.7. The summed E-state index contributed by atoms with van der Waals surface area (Å²) in [5.74, 6) is 0.912. The minimum absolute atomic E-state index is 0.